The van der Waals surface area contributed by atoms with E-state index in [4.69, 9.17) is 0 Å². The molecule has 4 heterocycles. The first kappa shape index (κ1) is 36.5. The number of phenolic OH excluding ortho intramolecular Hbond substituents is 1. The molecule has 2 aromatic heterocycles. The van der Waals surface area contributed by atoms with Gasteiger partial charge in [-0.2, -0.15) is 5.10 Å². The van der Waals surface area contributed by atoms with Crippen molar-refractivity contribution in [3.63, 3.8) is 0 Å². The Morgan fingerprint density at radius 1 is 0.815 bits per heavy atom. The number of hydrogen-bond donors (Lipinski definition) is 2. The Morgan fingerprint density at radius 3 is 2.35 bits per heavy atom. The Kier molecular flexibility index (Phi) is 10.8. The molecular weight excluding hydrogens is 852 g/mol. The molecule has 4 amide bonds. The number of aromatic hydroxyl groups is 1. The molecule has 2 atom stereocenters. The number of nitrogens with zero attached hydrogens (tertiary/aromatic N) is 7. The van der Waals surface area contributed by atoms with Gasteiger partial charge in [0.15, 0.2) is 0 Å². The van der Waals surface area contributed by atoms with Crippen LogP contribution < -0.4 is 5.32 Å². The average Bonchev–Trinajstić information content (AvgIpc) is 3.66. The number of carbonyl (C=O) groups excluding carboxylic acids is 3. The number of amides is 4. The Bertz CT molecular complexity index is 2250. The van der Waals surface area contributed by atoms with Gasteiger partial charge in [0.2, 0.25) is 11.8 Å². The fourth-order valence-corrected chi connectivity index (χ4v) is 7.27. The first-order valence-corrected chi connectivity index (χ1v) is 17.6. The SMILES string of the molecule is O=C1[C@H](Cc2ccc(O)cc2)N2C(=O)CN(Cc3cnn(-c4ccccc4)c3)N(C(=O)NCc3ccccc3)[C@H]2CN1Cc1cccc2ncccc12.[W]. The van der Waals surface area contributed by atoms with Crippen LogP contribution in [0.25, 0.3) is 16.6 Å². The molecule has 54 heavy (non-hydrogen) atoms. The second-order valence-corrected chi connectivity index (χ2v) is 13.3. The van der Waals surface area contributed by atoms with Crippen molar-refractivity contribution in [2.75, 3.05) is 13.1 Å². The van der Waals surface area contributed by atoms with E-state index in [1.807, 2.05) is 97.2 Å². The Morgan fingerprint density at radius 2 is 1.57 bits per heavy atom. The second-order valence-electron chi connectivity index (χ2n) is 13.3. The number of nitrogens with one attached hydrogen (secondary N) is 1. The molecule has 272 valence electrons. The molecule has 0 bridgehead atoms. The van der Waals surface area contributed by atoms with Gasteiger partial charge in [-0.25, -0.2) is 19.5 Å². The molecule has 13 heteroatoms. The summed E-state index contributed by atoms with van der Waals surface area (Å²) in [5.41, 5.74) is 5.13. The zero-order valence-electron chi connectivity index (χ0n) is 29.3. The smallest absolute Gasteiger partial charge is 0.334 e. The number of pyridine rings is 1. The summed E-state index contributed by atoms with van der Waals surface area (Å²) in [7, 11) is 0. The summed E-state index contributed by atoms with van der Waals surface area (Å²) in [5.74, 6) is -0.371. The minimum atomic E-state index is -0.897. The van der Waals surface area contributed by atoms with Crippen LogP contribution in [0.3, 0.4) is 0 Å². The molecule has 0 spiro atoms. The van der Waals surface area contributed by atoms with Gasteiger partial charge in [0.25, 0.3) is 0 Å². The van der Waals surface area contributed by atoms with Crippen LogP contribution in [-0.2, 0) is 56.7 Å². The van der Waals surface area contributed by atoms with Crippen LogP contribution in [0.2, 0.25) is 0 Å². The quantitative estimate of drug-likeness (QED) is 0.212. The van der Waals surface area contributed by atoms with Gasteiger partial charge in [-0.3, -0.25) is 14.6 Å². The standard InChI is InChI=1S/C41H38N8O4.W/c50-34-18-16-29(17-19-34)21-37-40(52)45(26-32-11-7-15-36-35(32)14-8-20-42-36)27-38-48(37)39(51)28-46(49(38)41(53)43-22-30-9-3-1-4-10-30)24-31-23-44-47(25-31)33-12-5-2-6-13-33;/h1-20,23,25,37-38,50H,21-22,24,26-28H2,(H,43,53);/t37-,38-;/m0./s1. The molecule has 0 saturated carbocycles. The third kappa shape index (κ3) is 7.62. The van der Waals surface area contributed by atoms with Crippen molar-refractivity contribution in [1.82, 2.24) is 39.9 Å². The molecule has 2 saturated heterocycles. The molecule has 0 aliphatic carbocycles. The minimum Gasteiger partial charge on any atom is -0.508 e. The summed E-state index contributed by atoms with van der Waals surface area (Å²) < 4.78 is 1.76. The fraction of sp³-hybridized carbons (Fsp3) is 0.195. The summed E-state index contributed by atoms with van der Waals surface area (Å²) in [4.78, 5) is 51.2. The molecule has 2 aliphatic heterocycles. The van der Waals surface area contributed by atoms with Gasteiger partial charge in [0, 0.05) is 70.5 Å². The predicted octanol–water partition coefficient (Wildman–Crippen LogP) is 4.87. The van der Waals surface area contributed by atoms with E-state index in [0.717, 1.165) is 38.8 Å². The zero-order chi connectivity index (χ0) is 36.3. The van der Waals surface area contributed by atoms with Gasteiger partial charge in [0.05, 0.1) is 30.5 Å². The number of rotatable bonds is 9. The van der Waals surface area contributed by atoms with Gasteiger partial charge in [-0.1, -0.05) is 78.9 Å². The average molecular weight is 891 g/mol. The van der Waals surface area contributed by atoms with Gasteiger partial charge < -0.3 is 20.2 Å². The number of carbonyl (C=O) groups is 3. The molecule has 8 rings (SSSR count). The minimum absolute atomic E-state index is 0. The van der Waals surface area contributed by atoms with Crippen molar-refractivity contribution in [1.29, 1.82) is 0 Å². The molecule has 0 unspecified atom stereocenters. The normalized spacial score (nSPS) is 17.3. The zero-order valence-corrected chi connectivity index (χ0v) is 32.2. The molecule has 2 aliphatic rings. The molecule has 2 fully saturated rings. The number of urea groups is 1. The Hall–Kier alpha value is -5.84. The van der Waals surface area contributed by atoms with E-state index in [2.05, 4.69) is 15.4 Å². The van der Waals surface area contributed by atoms with Crippen molar-refractivity contribution in [3.05, 3.63) is 156 Å². The van der Waals surface area contributed by atoms with Gasteiger partial charge in [-0.15, -0.1) is 0 Å². The maximum atomic E-state index is 14.6. The number of para-hydroxylation sites is 1. The number of hydrogen-bond acceptors (Lipinski definition) is 7. The fourth-order valence-electron chi connectivity index (χ4n) is 7.27. The maximum absolute atomic E-state index is 14.6. The van der Waals surface area contributed by atoms with E-state index < -0.39 is 12.2 Å². The summed E-state index contributed by atoms with van der Waals surface area (Å²) in [6.07, 6.45) is 4.76. The largest absolute Gasteiger partial charge is 0.508 e. The molecular formula is C41H38N8O4W. The molecule has 0 radical (unpaired) electrons. The molecule has 4 aromatic carbocycles. The number of piperazine rings is 1. The Balaban J connectivity index is 0.00000450. The van der Waals surface area contributed by atoms with Crippen molar-refractivity contribution >= 4 is 28.7 Å². The number of hydrazine groups is 1. The first-order chi connectivity index (χ1) is 25.9. The summed E-state index contributed by atoms with van der Waals surface area (Å²) >= 11 is 0. The Labute approximate surface area is 326 Å². The number of phenols is 1. The van der Waals surface area contributed by atoms with E-state index >= 15 is 0 Å². The first-order valence-electron chi connectivity index (χ1n) is 17.6. The third-order valence-corrected chi connectivity index (χ3v) is 9.81. The van der Waals surface area contributed by atoms with Crippen LogP contribution in [0, 0.1) is 0 Å². The van der Waals surface area contributed by atoms with Gasteiger partial charge >= 0.3 is 6.03 Å². The number of aromatic nitrogens is 3. The summed E-state index contributed by atoms with van der Waals surface area (Å²) in [6.45, 7) is 0.730. The molecule has 12 nitrogen and oxygen atoms in total. The van der Waals surface area contributed by atoms with E-state index in [1.165, 1.54) is 0 Å². The van der Waals surface area contributed by atoms with Crippen LogP contribution in [0.4, 0.5) is 4.79 Å². The van der Waals surface area contributed by atoms with E-state index in [-0.39, 0.29) is 83.8 Å². The monoisotopic (exact) mass is 890 g/mol. The van der Waals surface area contributed by atoms with Crippen LogP contribution in [0.15, 0.2) is 134 Å². The summed E-state index contributed by atoms with van der Waals surface area (Å²) in [6, 6.07) is 34.4. The van der Waals surface area contributed by atoms with Gasteiger partial charge in [0.1, 0.15) is 18.0 Å². The number of benzene rings is 4. The van der Waals surface area contributed by atoms with Crippen LogP contribution in [0.1, 0.15) is 22.3 Å². The van der Waals surface area contributed by atoms with E-state index in [1.54, 1.807) is 61.2 Å². The molecule has 2 N–H and O–H groups in total. The summed E-state index contributed by atoms with van der Waals surface area (Å²) in [5, 5.41) is 21.9. The van der Waals surface area contributed by atoms with Gasteiger partial charge in [-0.05, 0) is 53.1 Å². The second kappa shape index (κ2) is 16.0. The van der Waals surface area contributed by atoms with Crippen molar-refractivity contribution in [2.45, 2.75) is 38.3 Å². The van der Waals surface area contributed by atoms with Crippen LogP contribution in [-0.4, -0.2) is 82.8 Å². The van der Waals surface area contributed by atoms with E-state index in [0.29, 0.717) is 0 Å². The predicted molar refractivity (Wildman–Crippen MR) is 198 cm³/mol. The van der Waals surface area contributed by atoms with Crippen molar-refractivity contribution in [2.24, 2.45) is 0 Å². The van der Waals surface area contributed by atoms with E-state index in [9.17, 15) is 19.5 Å². The number of fused-ring (bicyclic) bond motifs is 2. The van der Waals surface area contributed by atoms with Crippen LogP contribution >= 0.6 is 0 Å². The van der Waals surface area contributed by atoms with Crippen LogP contribution in [0.5, 0.6) is 5.75 Å². The van der Waals surface area contributed by atoms with Crippen molar-refractivity contribution in [3.8, 4) is 11.4 Å². The molecule has 6 aromatic rings. The third-order valence-electron chi connectivity index (χ3n) is 9.81. The topological polar surface area (TPSA) is 127 Å². The maximum Gasteiger partial charge on any atom is 0.334 e. The van der Waals surface area contributed by atoms with Crippen molar-refractivity contribution < 1.29 is 40.6 Å².